The van der Waals surface area contributed by atoms with Gasteiger partial charge in [-0.2, -0.15) is 0 Å². The Morgan fingerprint density at radius 1 is 1.08 bits per heavy atom. The monoisotopic (exact) mass is 510 g/mol. The van der Waals surface area contributed by atoms with Crippen LogP contribution in [0.25, 0.3) is 0 Å². The summed E-state index contributed by atoms with van der Waals surface area (Å²) in [7, 11) is 0. The summed E-state index contributed by atoms with van der Waals surface area (Å²) in [5.41, 5.74) is 3.04. The van der Waals surface area contributed by atoms with Crippen LogP contribution in [0.3, 0.4) is 0 Å². The van der Waals surface area contributed by atoms with Gasteiger partial charge in [0.1, 0.15) is 6.10 Å². The second kappa shape index (κ2) is 11.0. The van der Waals surface area contributed by atoms with E-state index >= 15 is 0 Å². The van der Waals surface area contributed by atoms with Crippen LogP contribution in [-0.4, -0.2) is 65.9 Å². The molecule has 2 saturated heterocycles. The van der Waals surface area contributed by atoms with Gasteiger partial charge in [-0.3, -0.25) is 4.79 Å². The van der Waals surface area contributed by atoms with E-state index in [0.29, 0.717) is 31.4 Å². The molecule has 9 heteroatoms. The van der Waals surface area contributed by atoms with E-state index in [0.717, 1.165) is 43.0 Å². The predicted octanol–water partition coefficient (Wildman–Crippen LogP) is 3.69. The van der Waals surface area contributed by atoms with Gasteiger partial charge >= 0.3 is 0 Å². The minimum Gasteiger partial charge on any atom is -0.369 e. The Morgan fingerprint density at radius 3 is 2.44 bits per heavy atom. The molecule has 1 amide bonds. The predicted molar refractivity (Wildman–Crippen MR) is 137 cm³/mol. The van der Waals surface area contributed by atoms with Crippen LogP contribution in [0, 0.1) is 0 Å². The smallest absolute Gasteiger partial charge is 0.219 e. The van der Waals surface area contributed by atoms with Crippen LogP contribution in [0.15, 0.2) is 67.3 Å². The van der Waals surface area contributed by atoms with Crippen molar-refractivity contribution in [2.75, 3.05) is 44.3 Å². The summed E-state index contributed by atoms with van der Waals surface area (Å²) in [6.07, 6.45) is 5.15. The zero-order valence-electron chi connectivity index (χ0n) is 20.4. The van der Waals surface area contributed by atoms with E-state index in [9.17, 15) is 4.79 Å². The van der Waals surface area contributed by atoms with E-state index in [4.69, 9.17) is 25.8 Å². The Morgan fingerprint density at radius 2 is 1.81 bits per heavy atom. The molecule has 8 nitrogen and oxygen atoms in total. The number of hydrogen-bond donors (Lipinski definition) is 0. The van der Waals surface area contributed by atoms with Gasteiger partial charge in [0, 0.05) is 61.8 Å². The summed E-state index contributed by atoms with van der Waals surface area (Å²) >= 11 is 6.52. The molecular formula is C27H31ClN4O4. The van der Waals surface area contributed by atoms with Crippen molar-refractivity contribution in [2.45, 2.75) is 32.0 Å². The van der Waals surface area contributed by atoms with Gasteiger partial charge in [0.2, 0.25) is 11.7 Å². The van der Waals surface area contributed by atoms with Gasteiger partial charge in [0.15, 0.2) is 0 Å². The number of nitrogens with zero attached hydrogens (tertiary/aromatic N) is 4. The fourth-order valence-electron chi connectivity index (χ4n) is 4.66. The lowest BCUT2D eigenvalue weighted by Crippen LogP contribution is -2.48. The van der Waals surface area contributed by atoms with Crippen molar-refractivity contribution < 1.29 is 19.0 Å². The first kappa shape index (κ1) is 24.8. The highest BCUT2D eigenvalue weighted by Crippen LogP contribution is 2.37. The van der Waals surface area contributed by atoms with Crippen LogP contribution in [0.4, 0.5) is 5.69 Å². The van der Waals surface area contributed by atoms with E-state index in [1.54, 1.807) is 19.4 Å². The molecule has 0 spiro atoms. The molecule has 0 aliphatic carbocycles. The van der Waals surface area contributed by atoms with Crippen LogP contribution in [0.2, 0.25) is 5.02 Å². The average Bonchev–Trinajstić information content (AvgIpc) is 3.42. The maximum absolute atomic E-state index is 11.5. The number of benzene rings is 2. The summed E-state index contributed by atoms with van der Waals surface area (Å²) < 4.78 is 20.7. The Labute approximate surface area is 216 Å². The number of imidazole rings is 1. The van der Waals surface area contributed by atoms with E-state index < -0.39 is 5.79 Å². The van der Waals surface area contributed by atoms with Crippen LogP contribution in [-0.2, 0) is 37.9 Å². The maximum atomic E-state index is 11.5. The first-order chi connectivity index (χ1) is 17.5. The molecule has 3 heterocycles. The zero-order valence-corrected chi connectivity index (χ0v) is 21.1. The number of ether oxygens (including phenoxy) is 3. The highest BCUT2D eigenvalue weighted by Gasteiger charge is 2.41. The summed E-state index contributed by atoms with van der Waals surface area (Å²) in [6, 6.07) is 16.0. The molecular weight excluding hydrogens is 480 g/mol. The second-order valence-corrected chi connectivity index (χ2v) is 9.59. The van der Waals surface area contributed by atoms with Crippen LogP contribution < -0.4 is 4.90 Å². The third-order valence-electron chi connectivity index (χ3n) is 6.75. The number of piperazine rings is 1. The van der Waals surface area contributed by atoms with Gasteiger partial charge in [0.25, 0.3) is 0 Å². The van der Waals surface area contributed by atoms with E-state index in [2.05, 4.69) is 34.1 Å². The zero-order chi connectivity index (χ0) is 25.0. The largest absolute Gasteiger partial charge is 0.369 e. The molecule has 0 unspecified atom stereocenters. The maximum Gasteiger partial charge on any atom is 0.219 e. The fraction of sp³-hybridized carbons (Fsp3) is 0.407. The topological polar surface area (TPSA) is 69.1 Å². The lowest BCUT2D eigenvalue weighted by atomic mass is 10.0. The van der Waals surface area contributed by atoms with Gasteiger partial charge < -0.3 is 28.6 Å². The summed E-state index contributed by atoms with van der Waals surface area (Å²) in [4.78, 5) is 19.9. The first-order valence-electron chi connectivity index (χ1n) is 12.2. The molecule has 2 aliphatic heterocycles. The molecule has 2 aromatic carbocycles. The number of amides is 1. The van der Waals surface area contributed by atoms with Crippen molar-refractivity contribution in [1.29, 1.82) is 0 Å². The molecule has 190 valence electrons. The molecule has 0 radical (unpaired) electrons. The molecule has 0 saturated carbocycles. The van der Waals surface area contributed by atoms with Crippen molar-refractivity contribution in [3.8, 4) is 0 Å². The molecule has 0 N–H and O–H groups in total. The summed E-state index contributed by atoms with van der Waals surface area (Å²) in [5.74, 6) is -0.865. The highest BCUT2D eigenvalue weighted by atomic mass is 35.5. The quantitative estimate of drug-likeness (QED) is 0.483. The first-order valence-corrected chi connectivity index (χ1v) is 12.6. The minimum atomic E-state index is -1.01. The van der Waals surface area contributed by atoms with Crippen molar-refractivity contribution >= 4 is 23.2 Å². The molecule has 36 heavy (non-hydrogen) atoms. The lowest BCUT2D eigenvalue weighted by molar-refractivity contribution is -0.313. The average molecular weight is 511 g/mol. The number of carbonyl (C=O) groups excluding carboxylic acids is 1. The third kappa shape index (κ3) is 5.57. The minimum absolute atomic E-state index is 0.142. The van der Waals surface area contributed by atoms with Crippen molar-refractivity contribution in [2.24, 2.45) is 0 Å². The van der Waals surface area contributed by atoms with Crippen molar-refractivity contribution in [3.63, 3.8) is 0 Å². The normalized spacial score (nSPS) is 22.6. The highest BCUT2D eigenvalue weighted by molar-refractivity contribution is 6.31. The molecule has 5 rings (SSSR count). The SMILES string of the molecule is CC(=O)N1CCN(c2ccc(CO[C@H]3CO[C@](Cn4ccnc4)(c4ccccc4Cl)OC3)cc2)CC1. The van der Waals surface area contributed by atoms with Gasteiger partial charge in [0.05, 0.1) is 32.7 Å². The molecule has 1 aromatic heterocycles. The fourth-order valence-corrected chi connectivity index (χ4v) is 4.94. The summed E-state index contributed by atoms with van der Waals surface area (Å²) in [6.45, 7) is 6.52. The van der Waals surface area contributed by atoms with Crippen molar-refractivity contribution in [1.82, 2.24) is 14.5 Å². The second-order valence-electron chi connectivity index (χ2n) is 9.18. The number of hydrogen-bond acceptors (Lipinski definition) is 6. The van der Waals surface area contributed by atoms with Gasteiger partial charge in [-0.05, 0) is 23.8 Å². The van der Waals surface area contributed by atoms with Crippen LogP contribution in [0.5, 0.6) is 0 Å². The van der Waals surface area contributed by atoms with E-state index in [-0.39, 0.29) is 12.0 Å². The molecule has 2 aliphatic rings. The number of anilines is 1. The van der Waals surface area contributed by atoms with Crippen LogP contribution >= 0.6 is 11.6 Å². The number of carbonyl (C=O) groups is 1. The number of rotatable bonds is 7. The molecule has 2 fully saturated rings. The van der Waals surface area contributed by atoms with E-state index in [1.165, 1.54) is 0 Å². The molecule has 0 bridgehead atoms. The summed E-state index contributed by atoms with van der Waals surface area (Å²) in [5, 5.41) is 0.597. The van der Waals surface area contributed by atoms with Gasteiger partial charge in [-0.1, -0.05) is 41.9 Å². The van der Waals surface area contributed by atoms with Gasteiger partial charge in [-0.15, -0.1) is 0 Å². The molecule has 0 atom stereocenters. The molecule has 3 aromatic rings. The number of aromatic nitrogens is 2. The Bertz CT molecular complexity index is 1140. The Hall–Kier alpha value is -2.91. The Kier molecular flexibility index (Phi) is 7.57. The number of halogens is 1. The standard InChI is InChI=1S/C27H31ClN4O4/c1-21(33)31-12-14-32(15-13-31)23-8-6-22(7-9-23)16-34-24-17-35-27(36-18-24,19-30-11-10-29-20-30)25-4-2-3-5-26(25)28/h2-11,20,24H,12-19H2,1H3/t24-,27-. The van der Waals surface area contributed by atoms with Crippen molar-refractivity contribution in [3.05, 3.63) is 83.4 Å². The lowest BCUT2D eigenvalue weighted by Gasteiger charge is -2.40. The van der Waals surface area contributed by atoms with E-state index in [1.807, 2.05) is 39.9 Å². The van der Waals surface area contributed by atoms with Crippen LogP contribution in [0.1, 0.15) is 18.1 Å². The third-order valence-corrected chi connectivity index (χ3v) is 7.08. The Balaban J connectivity index is 1.16. The van der Waals surface area contributed by atoms with Gasteiger partial charge in [-0.25, -0.2) is 4.98 Å².